The van der Waals surface area contributed by atoms with Gasteiger partial charge in [0.05, 0.1) is 12.7 Å². The minimum atomic E-state index is -0.357. The molecule has 0 heterocycles. The van der Waals surface area contributed by atoms with E-state index in [9.17, 15) is 4.79 Å². The largest absolute Gasteiger partial charge is 0.465 e. The molecule has 104 valence electrons. The van der Waals surface area contributed by atoms with E-state index in [-0.39, 0.29) is 11.4 Å². The molecule has 1 aromatic rings. The van der Waals surface area contributed by atoms with Gasteiger partial charge in [-0.25, -0.2) is 4.79 Å². The van der Waals surface area contributed by atoms with Gasteiger partial charge in [0, 0.05) is 12.5 Å². The SMILES string of the molecule is CCC(C)(C)C(=NC)Oc1ccc(C(=O)OC)cc1. The summed E-state index contributed by atoms with van der Waals surface area (Å²) in [5.41, 5.74) is 0.384. The number of nitrogens with zero attached hydrogens (tertiary/aromatic N) is 1. The van der Waals surface area contributed by atoms with Crippen LogP contribution in [0.3, 0.4) is 0 Å². The van der Waals surface area contributed by atoms with Crippen molar-refractivity contribution in [3.05, 3.63) is 29.8 Å². The number of aliphatic imine (C=N–C) groups is 1. The van der Waals surface area contributed by atoms with E-state index in [1.165, 1.54) is 7.11 Å². The fraction of sp³-hybridized carbons (Fsp3) is 0.467. The molecule has 4 nitrogen and oxygen atoms in total. The van der Waals surface area contributed by atoms with E-state index in [0.29, 0.717) is 17.2 Å². The van der Waals surface area contributed by atoms with Crippen LogP contribution in [0.2, 0.25) is 0 Å². The Morgan fingerprint density at radius 2 is 1.84 bits per heavy atom. The zero-order valence-electron chi connectivity index (χ0n) is 12.2. The lowest BCUT2D eigenvalue weighted by molar-refractivity contribution is 0.0600. The van der Waals surface area contributed by atoms with E-state index in [4.69, 9.17) is 4.74 Å². The summed E-state index contributed by atoms with van der Waals surface area (Å²) in [6.45, 7) is 6.26. The normalized spacial score (nSPS) is 12.2. The van der Waals surface area contributed by atoms with Crippen molar-refractivity contribution in [2.24, 2.45) is 10.4 Å². The molecule has 0 aromatic heterocycles. The Hall–Kier alpha value is -1.84. The van der Waals surface area contributed by atoms with Crippen molar-refractivity contribution in [2.75, 3.05) is 14.2 Å². The first-order valence-corrected chi connectivity index (χ1v) is 6.28. The van der Waals surface area contributed by atoms with Crippen LogP contribution in [0.5, 0.6) is 5.75 Å². The highest BCUT2D eigenvalue weighted by Crippen LogP contribution is 2.25. The van der Waals surface area contributed by atoms with E-state index in [0.717, 1.165) is 6.42 Å². The lowest BCUT2D eigenvalue weighted by atomic mass is 9.90. The number of rotatable bonds is 4. The smallest absolute Gasteiger partial charge is 0.337 e. The second kappa shape index (κ2) is 6.36. The zero-order chi connectivity index (χ0) is 14.5. The summed E-state index contributed by atoms with van der Waals surface area (Å²) < 4.78 is 10.4. The summed E-state index contributed by atoms with van der Waals surface area (Å²) in [5, 5.41) is 0. The van der Waals surface area contributed by atoms with Gasteiger partial charge >= 0.3 is 5.97 Å². The van der Waals surface area contributed by atoms with E-state index < -0.39 is 0 Å². The highest BCUT2D eigenvalue weighted by molar-refractivity contribution is 5.89. The first-order valence-electron chi connectivity index (χ1n) is 6.28. The van der Waals surface area contributed by atoms with Gasteiger partial charge in [-0.2, -0.15) is 0 Å². The number of carbonyl (C=O) groups excluding carboxylic acids is 1. The second-order valence-corrected chi connectivity index (χ2v) is 4.88. The minimum absolute atomic E-state index is 0.115. The maximum atomic E-state index is 11.3. The summed E-state index contributed by atoms with van der Waals surface area (Å²) >= 11 is 0. The molecule has 1 rings (SSSR count). The number of carbonyl (C=O) groups is 1. The van der Waals surface area contributed by atoms with Gasteiger partial charge in [0.15, 0.2) is 5.90 Å². The Bertz CT molecular complexity index is 461. The highest BCUT2D eigenvalue weighted by Gasteiger charge is 2.24. The number of hydrogen-bond donors (Lipinski definition) is 0. The molecule has 0 atom stereocenters. The topological polar surface area (TPSA) is 47.9 Å². The zero-order valence-corrected chi connectivity index (χ0v) is 12.2. The van der Waals surface area contributed by atoms with Crippen LogP contribution in [0.25, 0.3) is 0 Å². The van der Waals surface area contributed by atoms with Crippen LogP contribution in [0.1, 0.15) is 37.6 Å². The van der Waals surface area contributed by atoms with Gasteiger partial charge < -0.3 is 9.47 Å². The van der Waals surface area contributed by atoms with E-state index in [1.807, 2.05) is 0 Å². The van der Waals surface area contributed by atoms with Crippen LogP contribution in [0, 0.1) is 5.41 Å². The molecular weight excluding hydrogens is 242 g/mol. The lowest BCUT2D eigenvalue weighted by Crippen LogP contribution is -2.28. The van der Waals surface area contributed by atoms with Crippen molar-refractivity contribution in [1.82, 2.24) is 0 Å². The third-order valence-corrected chi connectivity index (χ3v) is 3.16. The van der Waals surface area contributed by atoms with Crippen LogP contribution in [0.15, 0.2) is 29.3 Å². The Balaban J connectivity index is 2.86. The lowest BCUT2D eigenvalue weighted by Gasteiger charge is -2.24. The predicted molar refractivity (Wildman–Crippen MR) is 75.8 cm³/mol. The summed E-state index contributed by atoms with van der Waals surface area (Å²) in [4.78, 5) is 15.5. The quantitative estimate of drug-likeness (QED) is 0.475. The number of methoxy groups -OCH3 is 1. The number of esters is 1. The Kier molecular flexibility index (Phi) is 5.10. The number of benzene rings is 1. The van der Waals surface area contributed by atoms with E-state index >= 15 is 0 Å². The van der Waals surface area contributed by atoms with Gasteiger partial charge in [0.1, 0.15) is 5.75 Å². The fourth-order valence-corrected chi connectivity index (χ4v) is 1.53. The molecule has 0 aliphatic carbocycles. The third-order valence-electron chi connectivity index (χ3n) is 3.16. The molecule has 0 amide bonds. The fourth-order valence-electron chi connectivity index (χ4n) is 1.53. The van der Waals surface area contributed by atoms with Crippen LogP contribution < -0.4 is 4.74 Å². The third kappa shape index (κ3) is 3.81. The second-order valence-electron chi connectivity index (χ2n) is 4.88. The van der Waals surface area contributed by atoms with Gasteiger partial charge in [0.25, 0.3) is 0 Å². The van der Waals surface area contributed by atoms with Crippen molar-refractivity contribution in [3.8, 4) is 5.75 Å². The molecule has 0 N–H and O–H groups in total. The summed E-state index contributed by atoms with van der Waals surface area (Å²) in [6, 6.07) is 6.83. The molecular formula is C15H21NO3. The van der Waals surface area contributed by atoms with Gasteiger partial charge in [0.2, 0.25) is 0 Å². The Morgan fingerprint density at radius 3 is 2.26 bits per heavy atom. The van der Waals surface area contributed by atoms with Gasteiger partial charge in [-0.05, 0) is 30.7 Å². The molecule has 0 radical (unpaired) electrons. The Labute approximate surface area is 114 Å². The standard InChI is InChI=1S/C15H21NO3/c1-6-15(2,3)14(16-4)19-12-9-7-11(8-10-12)13(17)18-5/h7-10H,6H2,1-5H3. The van der Waals surface area contributed by atoms with Gasteiger partial charge in [-0.15, -0.1) is 0 Å². The molecule has 0 saturated carbocycles. The Morgan fingerprint density at radius 1 is 1.26 bits per heavy atom. The van der Waals surface area contributed by atoms with Crippen molar-refractivity contribution in [3.63, 3.8) is 0 Å². The highest BCUT2D eigenvalue weighted by atomic mass is 16.5. The molecule has 0 aliphatic heterocycles. The maximum Gasteiger partial charge on any atom is 0.337 e. The first-order chi connectivity index (χ1) is 8.94. The number of hydrogen-bond acceptors (Lipinski definition) is 4. The molecule has 4 heteroatoms. The molecule has 0 aliphatic rings. The van der Waals surface area contributed by atoms with Crippen molar-refractivity contribution in [2.45, 2.75) is 27.2 Å². The minimum Gasteiger partial charge on any atom is -0.465 e. The van der Waals surface area contributed by atoms with Crippen molar-refractivity contribution < 1.29 is 14.3 Å². The first kappa shape index (κ1) is 15.2. The molecule has 0 saturated heterocycles. The molecule has 0 spiro atoms. The van der Waals surface area contributed by atoms with E-state index in [2.05, 4.69) is 30.5 Å². The van der Waals surface area contributed by atoms with Gasteiger partial charge in [-0.1, -0.05) is 20.8 Å². The molecule has 19 heavy (non-hydrogen) atoms. The van der Waals surface area contributed by atoms with Crippen molar-refractivity contribution in [1.29, 1.82) is 0 Å². The van der Waals surface area contributed by atoms with Crippen LogP contribution in [-0.4, -0.2) is 26.0 Å². The molecule has 0 fully saturated rings. The summed E-state index contributed by atoms with van der Waals surface area (Å²) in [7, 11) is 3.08. The maximum absolute atomic E-state index is 11.3. The average molecular weight is 263 g/mol. The molecule has 1 aromatic carbocycles. The molecule has 0 unspecified atom stereocenters. The van der Waals surface area contributed by atoms with Crippen LogP contribution >= 0.6 is 0 Å². The summed E-state index contributed by atoms with van der Waals surface area (Å²) in [5.74, 6) is 0.986. The van der Waals surface area contributed by atoms with Gasteiger partial charge in [-0.3, -0.25) is 4.99 Å². The number of ether oxygens (including phenoxy) is 2. The summed E-state index contributed by atoms with van der Waals surface area (Å²) in [6.07, 6.45) is 0.930. The monoisotopic (exact) mass is 263 g/mol. The van der Waals surface area contributed by atoms with Crippen molar-refractivity contribution >= 4 is 11.9 Å². The predicted octanol–water partition coefficient (Wildman–Crippen LogP) is 3.32. The van der Waals surface area contributed by atoms with Crippen LogP contribution in [-0.2, 0) is 4.74 Å². The molecule has 0 bridgehead atoms. The van der Waals surface area contributed by atoms with Crippen LogP contribution in [0.4, 0.5) is 0 Å². The average Bonchev–Trinajstić information content (AvgIpc) is 2.44. The van der Waals surface area contributed by atoms with E-state index in [1.54, 1.807) is 31.3 Å².